The Morgan fingerprint density at radius 3 is 2.47 bits per heavy atom. The van der Waals surface area contributed by atoms with Crippen molar-refractivity contribution in [1.29, 1.82) is 0 Å². The van der Waals surface area contributed by atoms with Crippen LogP contribution in [0.4, 0.5) is 36.3 Å². The maximum absolute atomic E-state index is 12.5. The Balaban J connectivity index is 1.95. The second-order valence-corrected chi connectivity index (χ2v) is 6.21. The third-order valence-corrected chi connectivity index (χ3v) is 3.84. The quantitative estimate of drug-likeness (QED) is 0.341. The van der Waals surface area contributed by atoms with Crippen LogP contribution in [-0.4, -0.2) is 38.9 Å². The van der Waals surface area contributed by atoms with Crippen molar-refractivity contribution in [2.45, 2.75) is 6.36 Å². The number of carboxylic acids is 1. The molecule has 166 valence electrons. The lowest BCUT2D eigenvalue weighted by Gasteiger charge is -2.12. The van der Waals surface area contributed by atoms with E-state index in [2.05, 4.69) is 25.3 Å². The van der Waals surface area contributed by atoms with E-state index in [0.29, 0.717) is 5.69 Å². The van der Waals surface area contributed by atoms with Crippen molar-refractivity contribution in [3.05, 3.63) is 64.7 Å². The van der Waals surface area contributed by atoms with Gasteiger partial charge in [0.05, 0.1) is 10.6 Å². The van der Waals surface area contributed by atoms with Crippen LogP contribution in [0.1, 0.15) is 0 Å². The van der Waals surface area contributed by atoms with Crippen LogP contribution in [0.3, 0.4) is 0 Å². The van der Waals surface area contributed by atoms with E-state index in [-0.39, 0.29) is 28.7 Å². The molecule has 0 saturated heterocycles. The van der Waals surface area contributed by atoms with Gasteiger partial charge in [-0.1, -0.05) is 12.1 Å². The molecule has 0 unspecified atom stereocenters. The molecule has 3 N–H and O–H groups in total. The van der Waals surface area contributed by atoms with Crippen LogP contribution in [0.15, 0.2) is 54.6 Å². The minimum absolute atomic E-state index is 0.101. The van der Waals surface area contributed by atoms with Crippen molar-refractivity contribution in [2.24, 2.45) is 0 Å². The van der Waals surface area contributed by atoms with Crippen LogP contribution in [0.2, 0.25) is 0 Å². The lowest BCUT2D eigenvalue weighted by molar-refractivity contribution is -0.384. The Kier molecular flexibility index (Phi) is 6.37. The number of hydrogen-bond acceptors (Lipinski definition) is 8. The van der Waals surface area contributed by atoms with Crippen molar-refractivity contribution in [1.82, 2.24) is 9.97 Å². The number of aromatic nitrogens is 2. The molecule has 1 heterocycles. The molecule has 1 aromatic heterocycles. The molecular formula is C19H14F3N5O5. The number of alkyl halides is 3. The minimum Gasteiger partial charge on any atom is -0.480 e. The molecule has 0 fully saturated rings. The number of nitrogens with zero attached hydrogens (tertiary/aromatic N) is 3. The highest BCUT2D eigenvalue weighted by Crippen LogP contribution is 2.29. The normalized spacial score (nSPS) is 11.0. The van der Waals surface area contributed by atoms with E-state index in [1.165, 1.54) is 42.5 Å². The SMILES string of the molecule is O=C(O)CNc1nc(Nc2ccc([N+](=O)[O-])cc2)cc(-c2cccc(OC(F)(F)F)c2)n1. The summed E-state index contributed by atoms with van der Waals surface area (Å²) >= 11 is 0. The molecule has 10 nitrogen and oxygen atoms in total. The fraction of sp³-hybridized carbons (Fsp3) is 0.105. The molecule has 32 heavy (non-hydrogen) atoms. The number of nitrogens with one attached hydrogen (secondary N) is 2. The van der Waals surface area contributed by atoms with Crippen LogP contribution in [0, 0.1) is 10.1 Å². The van der Waals surface area contributed by atoms with E-state index in [9.17, 15) is 28.1 Å². The standard InChI is InChI=1S/C19H14F3N5O5/c20-19(21,22)32-14-3-1-2-11(8-14)15-9-16(26-18(25-15)23-10-17(28)29)24-12-4-6-13(7-5-12)27(30)31/h1-9H,10H2,(H,28,29)(H2,23,24,25,26). The Bertz CT molecular complexity index is 1140. The van der Waals surface area contributed by atoms with Gasteiger partial charge in [0.25, 0.3) is 5.69 Å². The number of rotatable bonds is 8. The summed E-state index contributed by atoms with van der Waals surface area (Å²) in [6.45, 7) is -0.502. The van der Waals surface area contributed by atoms with Crippen LogP contribution in [0.25, 0.3) is 11.3 Å². The molecule has 0 bridgehead atoms. The number of halogens is 3. The van der Waals surface area contributed by atoms with Crippen molar-refractivity contribution >= 4 is 29.1 Å². The van der Waals surface area contributed by atoms with Gasteiger partial charge in [-0.3, -0.25) is 14.9 Å². The highest BCUT2D eigenvalue weighted by Gasteiger charge is 2.31. The van der Waals surface area contributed by atoms with Crippen molar-refractivity contribution in [2.75, 3.05) is 17.2 Å². The largest absolute Gasteiger partial charge is 0.573 e. The molecule has 0 saturated carbocycles. The highest BCUT2D eigenvalue weighted by molar-refractivity contribution is 5.73. The average Bonchev–Trinajstić information content (AvgIpc) is 2.71. The van der Waals surface area contributed by atoms with Gasteiger partial charge in [-0.15, -0.1) is 13.2 Å². The number of nitro benzene ring substituents is 1. The molecule has 3 rings (SSSR count). The second kappa shape index (κ2) is 9.16. The number of aliphatic carboxylic acids is 1. The van der Waals surface area contributed by atoms with Gasteiger partial charge in [0.15, 0.2) is 0 Å². The first-order valence-corrected chi connectivity index (χ1v) is 8.81. The fourth-order valence-electron chi connectivity index (χ4n) is 2.56. The average molecular weight is 449 g/mol. The smallest absolute Gasteiger partial charge is 0.480 e. The first-order chi connectivity index (χ1) is 15.1. The van der Waals surface area contributed by atoms with Crippen LogP contribution >= 0.6 is 0 Å². The van der Waals surface area contributed by atoms with E-state index in [1.807, 2.05) is 0 Å². The van der Waals surface area contributed by atoms with E-state index in [4.69, 9.17) is 5.11 Å². The number of nitro groups is 1. The summed E-state index contributed by atoms with van der Waals surface area (Å²) in [5, 5.41) is 25.0. The van der Waals surface area contributed by atoms with Gasteiger partial charge in [0.2, 0.25) is 5.95 Å². The number of benzene rings is 2. The molecule has 0 aliphatic heterocycles. The van der Waals surface area contributed by atoms with Crippen molar-refractivity contribution in [3.63, 3.8) is 0 Å². The summed E-state index contributed by atoms with van der Waals surface area (Å²) in [5.74, 6) is -1.57. The monoisotopic (exact) mass is 449 g/mol. The van der Waals surface area contributed by atoms with Gasteiger partial charge in [0.1, 0.15) is 18.1 Å². The zero-order valence-corrected chi connectivity index (χ0v) is 16.0. The third-order valence-electron chi connectivity index (χ3n) is 3.84. The number of anilines is 3. The maximum Gasteiger partial charge on any atom is 0.573 e. The first-order valence-electron chi connectivity index (χ1n) is 8.81. The topological polar surface area (TPSA) is 140 Å². The molecule has 0 atom stereocenters. The Morgan fingerprint density at radius 2 is 1.84 bits per heavy atom. The lowest BCUT2D eigenvalue weighted by atomic mass is 10.1. The van der Waals surface area contributed by atoms with E-state index >= 15 is 0 Å². The predicted octanol–water partition coefficient (Wildman–Crippen LogP) is 4.19. The fourth-order valence-corrected chi connectivity index (χ4v) is 2.56. The van der Waals surface area contributed by atoms with Crippen molar-refractivity contribution < 1.29 is 32.7 Å². The number of non-ortho nitro benzene ring substituents is 1. The summed E-state index contributed by atoms with van der Waals surface area (Å²) in [7, 11) is 0. The van der Waals surface area contributed by atoms with Gasteiger partial charge in [-0.2, -0.15) is 4.98 Å². The zero-order chi connectivity index (χ0) is 23.3. The number of carbonyl (C=O) groups is 1. The molecule has 0 aliphatic carbocycles. The van der Waals surface area contributed by atoms with Gasteiger partial charge in [0, 0.05) is 29.4 Å². The molecule has 0 radical (unpaired) electrons. The summed E-state index contributed by atoms with van der Waals surface area (Å²) in [4.78, 5) is 29.3. The Labute approximate surface area is 177 Å². The first kappa shape index (κ1) is 22.3. The third kappa shape index (κ3) is 6.29. The van der Waals surface area contributed by atoms with E-state index in [0.717, 1.165) is 12.1 Å². The van der Waals surface area contributed by atoms with Gasteiger partial charge >= 0.3 is 12.3 Å². The zero-order valence-electron chi connectivity index (χ0n) is 16.0. The van der Waals surface area contributed by atoms with Crippen LogP contribution in [-0.2, 0) is 4.79 Å². The van der Waals surface area contributed by atoms with E-state index in [1.54, 1.807) is 0 Å². The summed E-state index contributed by atoms with van der Waals surface area (Å²) in [5.41, 5.74) is 0.729. The Hall–Kier alpha value is -4.42. The molecule has 0 amide bonds. The number of ether oxygens (including phenoxy) is 1. The molecule has 3 aromatic rings. The van der Waals surface area contributed by atoms with Crippen LogP contribution in [0.5, 0.6) is 5.75 Å². The molecule has 0 aliphatic rings. The van der Waals surface area contributed by atoms with E-state index < -0.39 is 29.5 Å². The van der Waals surface area contributed by atoms with Crippen molar-refractivity contribution in [3.8, 4) is 17.0 Å². The summed E-state index contributed by atoms with van der Waals surface area (Å²) in [6, 6.07) is 11.9. The highest BCUT2D eigenvalue weighted by atomic mass is 19.4. The molecule has 0 spiro atoms. The summed E-state index contributed by atoms with van der Waals surface area (Å²) < 4.78 is 41.5. The van der Waals surface area contributed by atoms with Gasteiger partial charge in [-0.05, 0) is 24.3 Å². The molecular weight excluding hydrogens is 435 g/mol. The number of hydrogen-bond donors (Lipinski definition) is 3. The number of carboxylic acid groups (broad SMARTS) is 1. The van der Waals surface area contributed by atoms with Gasteiger partial charge < -0.3 is 20.5 Å². The van der Waals surface area contributed by atoms with Gasteiger partial charge in [-0.25, -0.2) is 4.98 Å². The summed E-state index contributed by atoms with van der Waals surface area (Å²) in [6.07, 6.45) is -4.87. The lowest BCUT2D eigenvalue weighted by Crippen LogP contribution is -2.17. The molecule has 13 heteroatoms. The predicted molar refractivity (Wildman–Crippen MR) is 107 cm³/mol. The van der Waals surface area contributed by atoms with Crippen LogP contribution < -0.4 is 15.4 Å². The minimum atomic E-state index is -4.87. The second-order valence-electron chi connectivity index (χ2n) is 6.21. The molecule has 2 aromatic carbocycles. The maximum atomic E-state index is 12.5. The Morgan fingerprint density at radius 1 is 1.12 bits per heavy atom.